The number of nitrogens with one attached hydrogen (secondary N) is 1. The molecule has 8 atom stereocenters. The average molecular weight is 767 g/mol. The van der Waals surface area contributed by atoms with Crippen LogP contribution in [0.1, 0.15) is 58.6 Å². The van der Waals surface area contributed by atoms with E-state index >= 15 is 0 Å². The van der Waals surface area contributed by atoms with Gasteiger partial charge in [-0.3, -0.25) is 10.1 Å². The molecular formula is C33H44ClN3O8SY-2. The van der Waals surface area contributed by atoms with E-state index in [-0.39, 0.29) is 65.0 Å². The van der Waals surface area contributed by atoms with Crippen LogP contribution in [-0.4, -0.2) is 84.2 Å². The van der Waals surface area contributed by atoms with Crippen molar-refractivity contribution in [2.75, 3.05) is 19.0 Å². The standard InChI is InChI=1S/C33H43ClN3O8.H2S.Y/c1-18-10-9-11-20(3)33(42)16-25(43-31(41)35-33)21(4)29-32(6,45-29)26(44-30(40)22(5)36(7)17-38)15-27(39)37(8)24-14-23(12-18)13-19(2)28(24)34;;/h9-11,13-14,20-22,25-26,29,42H,12,15-16H2,1-8H3,(H,35,41);1H2;/q-1;;/p-1/b11-9+,18-10+;;/t20?,21?,22-,25?,26?,29?,32?,33?;;/m0../s1. The maximum atomic E-state index is 13.8. The minimum absolute atomic E-state index is 0. The zero-order valence-electron chi connectivity index (χ0n) is 28.1. The average Bonchev–Trinajstić information content (AvgIpc) is 3.68. The van der Waals surface area contributed by atoms with Crippen LogP contribution in [0.4, 0.5) is 10.5 Å². The number of halogens is 1. The van der Waals surface area contributed by atoms with Crippen molar-refractivity contribution in [3.63, 3.8) is 0 Å². The molecule has 1 radical (unpaired) electrons. The van der Waals surface area contributed by atoms with Gasteiger partial charge in [-0.15, -0.1) is 0 Å². The summed E-state index contributed by atoms with van der Waals surface area (Å²) in [6.45, 7) is 10.7. The number of anilines is 1. The number of esters is 1. The second kappa shape index (κ2) is 16.2. The number of ether oxygens (including phenoxy) is 3. The van der Waals surface area contributed by atoms with Gasteiger partial charge in [0.2, 0.25) is 5.91 Å². The third-order valence-corrected chi connectivity index (χ3v) is 9.90. The summed E-state index contributed by atoms with van der Waals surface area (Å²) in [6, 6.07) is 2.86. The number of fused-ring (bicyclic) bond motifs is 5. The second-order valence-corrected chi connectivity index (χ2v) is 13.2. The minimum Gasteiger partial charge on any atom is -0.813 e. The van der Waals surface area contributed by atoms with Crippen LogP contribution < -0.4 is 10.2 Å². The summed E-state index contributed by atoms with van der Waals surface area (Å²) in [5, 5.41) is 14.5. The molecule has 1 aromatic carbocycles. The van der Waals surface area contributed by atoms with Crippen molar-refractivity contribution in [3.8, 4) is 0 Å². The molecule has 0 aliphatic carbocycles. The topological polar surface area (TPSA) is 138 Å². The van der Waals surface area contributed by atoms with Crippen molar-refractivity contribution in [1.82, 2.24) is 10.2 Å². The van der Waals surface area contributed by atoms with Crippen LogP contribution in [0.25, 0.3) is 0 Å². The molecular weight excluding hydrogens is 723 g/mol. The number of hydrogen-bond donors (Lipinski definition) is 2. The molecule has 3 aliphatic rings. The number of carbonyl (C=O) groups excluding carboxylic acids is 4. The number of thiol groups is 1. The van der Waals surface area contributed by atoms with Crippen LogP contribution in [0.2, 0.25) is 5.02 Å². The van der Waals surface area contributed by atoms with E-state index in [0.717, 1.165) is 21.6 Å². The van der Waals surface area contributed by atoms with E-state index < -0.39 is 59.6 Å². The van der Waals surface area contributed by atoms with Gasteiger partial charge < -0.3 is 47.4 Å². The van der Waals surface area contributed by atoms with E-state index in [1.165, 1.54) is 18.9 Å². The Balaban J connectivity index is 0.00000384. The Morgan fingerprint density at radius 3 is 2.57 bits per heavy atom. The molecule has 3 amide bonds. The molecule has 3 heterocycles. The fourth-order valence-corrected chi connectivity index (χ4v) is 6.26. The first-order valence-corrected chi connectivity index (χ1v) is 15.5. The Morgan fingerprint density at radius 1 is 1.28 bits per heavy atom. The number of allylic oxidation sites excluding steroid dienone is 3. The molecule has 0 saturated carbocycles. The Labute approximate surface area is 314 Å². The number of nitrogens with zero attached hydrogens (tertiary/aromatic N) is 2. The van der Waals surface area contributed by atoms with Crippen LogP contribution in [-0.2, 0) is 81.2 Å². The van der Waals surface area contributed by atoms with Gasteiger partial charge in [0, 0.05) is 58.0 Å². The van der Waals surface area contributed by atoms with Gasteiger partial charge in [-0.05, 0) is 58.4 Å². The van der Waals surface area contributed by atoms with E-state index in [4.69, 9.17) is 25.8 Å². The normalized spacial score (nSPS) is 33.2. The Hall–Kier alpha value is -1.96. The molecule has 0 spiro atoms. The first-order valence-electron chi connectivity index (χ1n) is 15.1. The molecule has 1 aromatic rings. The van der Waals surface area contributed by atoms with Crippen LogP contribution >= 0.6 is 11.6 Å². The number of benzene rings is 1. The van der Waals surface area contributed by atoms with Crippen LogP contribution in [0, 0.1) is 18.8 Å². The molecule has 47 heavy (non-hydrogen) atoms. The molecule has 11 nitrogen and oxygen atoms in total. The molecule has 4 rings (SSSR count). The largest absolute Gasteiger partial charge is 0.813 e. The van der Waals surface area contributed by atoms with Crippen LogP contribution in [0.3, 0.4) is 0 Å². The SMILES string of the molecule is C/C1=C\C=C\C(C)C2(O)CC(OC(=O)N2)C(C)C2OC2(C)C(OC(=O)[C@H](C)N(C)[C-]=O)CC(=O)N(C)c2cc(cc(C)c2Cl)C1.[SH-].[Y]. The molecule has 2 N–H and O–H groups in total. The third-order valence-electron chi connectivity index (χ3n) is 9.41. The van der Waals surface area contributed by atoms with Crippen molar-refractivity contribution in [2.45, 2.75) is 96.5 Å². The molecule has 14 heteroatoms. The fraction of sp³-hybridized carbons (Fsp3) is 0.576. The fourth-order valence-electron chi connectivity index (χ4n) is 6.02. The molecule has 0 aromatic heterocycles. The van der Waals surface area contributed by atoms with Crippen molar-refractivity contribution in [3.05, 3.63) is 52.1 Å². The molecule has 2 fully saturated rings. The molecule has 2 saturated heterocycles. The van der Waals surface area contributed by atoms with Crippen molar-refractivity contribution >= 4 is 55.2 Å². The van der Waals surface area contributed by atoms with Gasteiger partial charge in [0.1, 0.15) is 23.5 Å². The molecule has 4 bridgehead atoms. The number of epoxide rings is 1. The first-order chi connectivity index (χ1) is 21.0. The number of aliphatic hydroxyl groups is 1. The maximum absolute atomic E-state index is 13.8. The molecule has 7 unspecified atom stereocenters. The summed E-state index contributed by atoms with van der Waals surface area (Å²) in [4.78, 5) is 53.3. The number of carbonyl (C=O) groups is 3. The van der Waals surface area contributed by atoms with Gasteiger partial charge >= 0.3 is 12.1 Å². The second-order valence-electron chi connectivity index (χ2n) is 12.8. The quantitative estimate of drug-likeness (QED) is 0.117. The third kappa shape index (κ3) is 8.99. The number of likely N-dealkylation sites (N-methyl/N-ethyl adjacent to an activating group) is 1. The summed E-state index contributed by atoms with van der Waals surface area (Å²) < 4.78 is 17.7. The number of aryl methyl sites for hydroxylation is 1. The molecule has 257 valence electrons. The summed E-state index contributed by atoms with van der Waals surface area (Å²) in [7, 11) is 3.02. The van der Waals surface area contributed by atoms with Gasteiger partial charge in [0.05, 0.1) is 29.3 Å². The Bertz CT molecular complexity index is 1430. The van der Waals surface area contributed by atoms with E-state index in [1.54, 1.807) is 20.4 Å². The van der Waals surface area contributed by atoms with Gasteiger partial charge in [0.25, 0.3) is 0 Å². The zero-order valence-corrected chi connectivity index (χ0v) is 32.6. The van der Waals surface area contributed by atoms with E-state index in [0.29, 0.717) is 17.1 Å². The number of alkyl carbamates (subject to hydrolysis) is 1. The summed E-state index contributed by atoms with van der Waals surface area (Å²) in [5.41, 5.74) is 0.555. The van der Waals surface area contributed by atoms with E-state index in [9.17, 15) is 24.3 Å². The summed E-state index contributed by atoms with van der Waals surface area (Å²) >= 11 is 6.70. The molecule has 3 aliphatic heterocycles. The monoisotopic (exact) mass is 766 g/mol. The minimum atomic E-state index is -1.58. The number of amides is 3. The van der Waals surface area contributed by atoms with Gasteiger partial charge in [0.15, 0.2) is 0 Å². The van der Waals surface area contributed by atoms with Crippen molar-refractivity contribution in [2.24, 2.45) is 11.8 Å². The first kappa shape index (κ1) is 41.2. The number of hydrogen-bond acceptors (Lipinski definition) is 9. The van der Waals surface area contributed by atoms with Crippen molar-refractivity contribution in [1.29, 1.82) is 0 Å². The smallest absolute Gasteiger partial charge is 0.409 e. The van der Waals surface area contributed by atoms with Gasteiger partial charge in [-0.1, -0.05) is 55.3 Å². The summed E-state index contributed by atoms with van der Waals surface area (Å²) in [6.07, 6.45) is 4.54. The number of rotatable bonds is 4. The van der Waals surface area contributed by atoms with Crippen molar-refractivity contribution < 1.29 is 71.2 Å². The van der Waals surface area contributed by atoms with Crippen LogP contribution in [0.15, 0.2) is 35.9 Å². The summed E-state index contributed by atoms with van der Waals surface area (Å²) in [5.74, 6) is -2.01. The van der Waals surface area contributed by atoms with Crippen LogP contribution in [0.5, 0.6) is 0 Å². The van der Waals surface area contributed by atoms with Gasteiger partial charge in [-0.2, -0.15) is 6.41 Å². The zero-order chi connectivity index (χ0) is 33.4. The Kier molecular flexibility index (Phi) is 14.2. The van der Waals surface area contributed by atoms with E-state index in [1.807, 2.05) is 58.1 Å². The van der Waals surface area contributed by atoms with Gasteiger partial charge in [-0.25, -0.2) is 9.59 Å². The Morgan fingerprint density at radius 2 is 1.94 bits per heavy atom. The maximum Gasteiger partial charge on any atom is 0.409 e. The predicted molar refractivity (Wildman–Crippen MR) is 177 cm³/mol. The van der Waals surface area contributed by atoms with E-state index in [2.05, 4.69) is 5.32 Å². The predicted octanol–water partition coefficient (Wildman–Crippen LogP) is 3.70.